The molecular weight excluding hydrogens is 282 g/mol. The van der Waals surface area contributed by atoms with Crippen LogP contribution in [0.5, 0.6) is 11.6 Å². The van der Waals surface area contributed by atoms with E-state index >= 15 is 0 Å². The molecule has 0 amide bonds. The van der Waals surface area contributed by atoms with Gasteiger partial charge in [0.15, 0.2) is 0 Å². The molecule has 1 aromatic carbocycles. The maximum Gasteiger partial charge on any atom is 0.289 e. The number of benzene rings is 1. The third-order valence-corrected chi connectivity index (χ3v) is 2.77. The fourth-order valence-corrected chi connectivity index (χ4v) is 1.82. The van der Waals surface area contributed by atoms with E-state index in [1.54, 1.807) is 6.07 Å². The molecular formula is C13H12ClN3O3. The van der Waals surface area contributed by atoms with Gasteiger partial charge in [-0.1, -0.05) is 23.7 Å². The minimum absolute atomic E-state index is 0.0956. The second-order valence-corrected chi connectivity index (χ2v) is 4.42. The molecule has 0 spiro atoms. The largest absolute Gasteiger partial charge is 0.438 e. The van der Waals surface area contributed by atoms with E-state index in [-0.39, 0.29) is 16.6 Å². The summed E-state index contributed by atoms with van der Waals surface area (Å²) in [5.74, 6) is 0.708. The van der Waals surface area contributed by atoms with E-state index in [0.717, 1.165) is 11.8 Å². The molecule has 20 heavy (non-hydrogen) atoms. The van der Waals surface area contributed by atoms with Crippen LogP contribution in [0.15, 0.2) is 36.5 Å². The first kappa shape index (κ1) is 14.2. The van der Waals surface area contributed by atoms with Gasteiger partial charge in [-0.2, -0.15) is 0 Å². The van der Waals surface area contributed by atoms with Crippen molar-refractivity contribution in [2.75, 3.05) is 7.05 Å². The maximum absolute atomic E-state index is 10.6. The molecule has 7 heteroatoms. The molecule has 0 bridgehead atoms. The number of pyridine rings is 1. The molecule has 0 aliphatic rings. The summed E-state index contributed by atoms with van der Waals surface area (Å²) in [5, 5.41) is 13.7. The van der Waals surface area contributed by atoms with Gasteiger partial charge >= 0.3 is 0 Å². The summed E-state index contributed by atoms with van der Waals surface area (Å²) >= 11 is 5.92. The van der Waals surface area contributed by atoms with Gasteiger partial charge in [-0.25, -0.2) is 4.98 Å². The van der Waals surface area contributed by atoms with Crippen molar-refractivity contribution in [3.63, 3.8) is 0 Å². The van der Waals surface area contributed by atoms with Gasteiger partial charge in [0.2, 0.25) is 5.88 Å². The van der Waals surface area contributed by atoms with Crippen LogP contribution >= 0.6 is 11.6 Å². The highest BCUT2D eigenvalue weighted by molar-refractivity contribution is 6.32. The lowest BCUT2D eigenvalue weighted by Crippen LogP contribution is -2.04. The fourth-order valence-electron chi connectivity index (χ4n) is 1.62. The summed E-state index contributed by atoms with van der Waals surface area (Å²) in [5.41, 5.74) is 0.870. The highest BCUT2D eigenvalue weighted by Crippen LogP contribution is 2.30. The third kappa shape index (κ3) is 3.43. The Morgan fingerprint density at radius 1 is 1.45 bits per heavy atom. The molecule has 104 valence electrons. The Kier molecular flexibility index (Phi) is 4.49. The van der Waals surface area contributed by atoms with E-state index in [0.29, 0.717) is 12.3 Å². The molecule has 6 nitrogen and oxygen atoms in total. The molecule has 1 heterocycles. The summed E-state index contributed by atoms with van der Waals surface area (Å²) in [6.45, 7) is 0.707. The van der Waals surface area contributed by atoms with Crippen molar-refractivity contribution in [1.29, 1.82) is 0 Å². The number of halogens is 1. The van der Waals surface area contributed by atoms with Crippen molar-refractivity contribution in [3.8, 4) is 11.6 Å². The van der Waals surface area contributed by atoms with Gasteiger partial charge in [-0.3, -0.25) is 10.1 Å². The lowest BCUT2D eigenvalue weighted by molar-refractivity contribution is -0.385. The second-order valence-electron chi connectivity index (χ2n) is 4.02. The molecule has 0 atom stereocenters. The maximum atomic E-state index is 10.6. The summed E-state index contributed by atoms with van der Waals surface area (Å²) in [6, 6.07) is 8.62. The van der Waals surface area contributed by atoms with Gasteiger partial charge in [0, 0.05) is 12.6 Å². The van der Waals surface area contributed by atoms with Crippen molar-refractivity contribution >= 4 is 17.3 Å². The number of nitrogens with zero attached hydrogens (tertiary/aromatic N) is 2. The fraction of sp³-hybridized carbons (Fsp3) is 0.154. The lowest BCUT2D eigenvalue weighted by atomic mass is 10.2. The van der Waals surface area contributed by atoms with Crippen LogP contribution in [0.4, 0.5) is 5.69 Å². The zero-order valence-corrected chi connectivity index (χ0v) is 11.4. The average molecular weight is 294 g/mol. The first-order chi connectivity index (χ1) is 9.60. The summed E-state index contributed by atoms with van der Waals surface area (Å²) in [6.07, 6.45) is 1.11. The number of aromatic nitrogens is 1. The highest BCUT2D eigenvalue weighted by Gasteiger charge is 2.12. The zero-order chi connectivity index (χ0) is 14.5. The molecule has 2 rings (SSSR count). The van der Waals surface area contributed by atoms with Crippen LogP contribution in [-0.4, -0.2) is 17.0 Å². The van der Waals surface area contributed by atoms with Crippen molar-refractivity contribution in [1.82, 2.24) is 10.3 Å². The number of hydrogen-bond acceptors (Lipinski definition) is 5. The van der Waals surface area contributed by atoms with Crippen LogP contribution < -0.4 is 10.1 Å². The van der Waals surface area contributed by atoms with E-state index in [9.17, 15) is 10.1 Å². The summed E-state index contributed by atoms with van der Waals surface area (Å²) in [4.78, 5) is 13.9. The molecule has 0 unspecified atom stereocenters. The van der Waals surface area contributed by atoms with Crippen LogP contribution in [0.2, 0.25) is 5.02 Å². The Bertz CT molecular complexity index is 634. The van der Waals surface area contributed by atoms with Crippen molar-refractivity contribution < 1.29 is 9.66 Å². The molecule has 0 radical (unpaired) electrons. The predicted molar refractivity (Wildman–Crippen MR) is 75.2 cm³/mol. The van der Waals surface area contributed by atoms with E-state index in [4.69, 9.17) is 16.3 Å². The first-order valence-corrected chi connectivity index (χ1v) is 6.19. The standard InChI is InChI=1S/C13H12ClN3O3/c1-15-7-9-3-2-4-11(5-9)20-13-12(14)6-10(8-16-13)17(18)19/h2-6,8,15H,7H2,1H3. The van der Waals surface area contributed by atoms with Crippen molar-refractivity contribution in [2.45, 2.75) is 6.54 Å². The molecule has 1 aromatic heterocycles. The number of hydrogen-bond donors (Lipinski definition) is 1. The van der Waals surface area contributed by atoms with Gasteiger partial charge in [0.25, 0.3) is 5.69 Å². The zero-order valence-electron chi connectivity index (χ0n) is 10.7. The molecule has 0 saturated heterocycles. The van der Waals surface area contributed by atoms with Crippen LogP contribution in [0.25, 0.3) is 0 Å². The summed E-state index contributed by atoms with van der Waals surface area (Å²) in [7, 11) is 1.85. The van der Waals surface area contributed by atoms with E-state index in [1.807, 2.05) is 25.2 Å². The van der Waals surface area contributed by atoms with Gasteiger partial charge in [0.05, 0.1) is 4.92 Å². The third-order valence-electron chi connectivity index (χ3n) is 2.50. The van der Waals surface area contributed by atoms with Crippen LogP contribution in [0, 0.1) is 10.1 Å². The number of nitrogens with one attached hydrogen (secondary N) is 1. The molecule has 0 saturated carbocycles. The second kappa shape index (κ2) is 6.31. The van der Waals surface area contributed by atoms with Gasteiger partial charge in [-0.05, 0) is 24.7 Å². The van der Waals surface area contributed by atoms with Gasteiger partial charge in [-0.15, -0.1) is 0 Å². The van der Waals surface area contributed by atoms with Crippen molar-refractivity contribution in [3.05, 3.63) is 57.2 Å². The van der Waals surface area contributed by atoms with E-state index in [2.05, 4.69) is 10.3 Å². The van der Waals surface area contributed by atoms with Crippen LogP contribution in [0.3, 0.4) is 0 Å². The minimum atomic E-state index is -0.559. The summed E-state index contributed by atoms with van der Waals surface area (Å²) < 4.78 is 5.54. The Hall–Kier alpha value is -2.18. The van der Waals surface area contributed by atoms with Crippen LogP contribution in [0.1, 0.15) is 5.56 Å². The minimum Gasteiger partial charge on any atom is -0.438 e. The lowest BCUT2D eigenvalue weighted by Gasteiger charge is -2.07. The quantitative estimate of drug-likeness (QED) is 0.677. The Morgan fingerprint density at radius 2 is 2.25 bits per heavy atom. The monoisotopic (exact) mass is 293 g/mol. The van der Waals surface area contributed by atoms with Crippen molar-refractivity contribution in [2.24, 2.45) is 0 Å². The molecule has 0 aliphatic carbocycles. The normalized spacial score (nSPS) is 10.3. The number of rotatable bonds is 5. The van der Waals surface area contributed by atoms with E-state index in [1.165, 1.54) is 6.07 Å². The first-order valence-electron chi connectivity index (χ1n) is 5.81. The Morgan fingerprint density at radius 3 is 2.90 bits per heavy atom. The smallest absolute Gasteiger partial charge is 0.289 e. The topological polar surface area (TPSA) is 77.3 Å². The number of nitro groups is 1. The molecule has 0 aliphatic heterocycles. The Balaban J connectivity index is 2.21. The molecule has 1 N–H and O–H groups in total. The average Bonchev–Trinajstić information content (AvgIpc) is 2.42. The SMILES string of the molecule is CNCc1cccc(Oc2ncc([N+](=O)[O-])cc2Cl)c1. The van der Waals surface area contributed by atoms with Crippen LogP contribution in [-0.2, 0) is 6.54 Å². The van der Waals surface area contributed by atoms with E-state index < -0.39 is 4.92 Å². The predicted octanol–water partition coefficient (Wildman–Crippen LogP) is 3.15. The van der Waals surface area contributed by atoms with Gasteiger partial charge in [0.1, 0.15) is 17.0 Å². The highest BCUT2D eigenvalue weighted by atomic mass is 35.5. The molecule has 2 aromatic rings. The molecule has 0 fully saturated rings. The van der Waals surface area contributed by atoms with Gasteiger partial charge < -0.3 is 10.1 Å². The Labute approximate surface area is 120 Å². The number of ether oxygens (including phenoxy) is 1.